The number of halogens is 3. The summed E-state index contributed by atoms with van der Waals surface area (Å²) < 4.78 is 39.5. The average Bonchev–Trinajstić information content (AvgIpc) is 2.64. The molecule has 1 N–H and O–H groups in total. The van der Waals surface area contributed by atoms with E-state index in [0.717, 1.165) is 16.2 Å². The number of carbonyl (C=O) groups is 1. The Morgan fingerprint density at radius 1 is 1.53 bits per heavy atom. The van der Waals surface area contributed by atoms with E-state index in [1.807, 2.05) is 0 Å². The van der Waals surface area contributed by atoms with Gasteiger partial charge in [-0.25, -0.2) is 4.79 Å². The van der Waals surface area contributed by atoms with Gasteiger partial charge in [-0.15, -0.1) is 23.1 Å². The van der Waals surface area contributed by atoms with E-state index >= 15 is 0 Å². The van der Waals surface area contributed by atoms with Gasteiger partial charge in [0.2, 0.25) is 0 Å². The highest BCUT2D eigenvalue weighted by Crippen LogP contribution is 2.24. The monoisotopic (exact) mass is 286 g/mol. The number of ether oxygens (including phenoxy) is 1. The number of rotatable bonds is 6. The van der Waals surface area contributed by atoms with Crippen LogP contribution in [0.1, 0.15) is 9.67 Å². The van der Waals surface area contributed by atoms with Crippen molar-refractivity contribution in [3.8, 4) is 0 Å². The van der Waals surface area contributed by atoms with E-state index in [1.54, 1.807) is 5.38 Å². The fourth-order valence-corrected chi connectivity index (χ4v) is 2.65. The van der Waals surface area contributed by atoms with Gasteiger partial charge in [0, 0.05) is 16.0 Å². The molecular weight excluding hydrogens is 277 g/mol. The third-order valence-electron chi connectivity index (χ3n) is 1.55. The first kappa shape index (κ1) is 14.3. The van der Waals surface area contributed by atoms with Crippen molar-refractivity contribution in [1.29, 1.82) is 0 Å². The summed E-state index contributed by atoms with van der Waals surface area (Å²) in [7, 11) is 0. The first-order valence-corrected chi connectivity index (χ1v) is 6.34. The second-order valence-corrected chi connectivity index (χ2v) is 5.05. The summed E-state index contributed by atoms with van der Waals surface area (Å²) in [6, 6.07) is 1.49. The molecule has 0 aromatic carbocycles. The second-order valence-electron chi connectivity index (χ2n) is 2.97. The van der Waals surface area contributed by atoms with Crippen molar-refractivity contribution < 1.29 is 27.8 Å². The molecular formula is C9H9F3O3S2. The quantitative estimate of drug-likeness (QED) is 0.644. The van der Waals surface area contributed by atoms with Gasteiger partial charge in [-0.05, 0) is 6.07 Å². The zero-order valence-electron chi connectivity index (χ0n) is 8.49. The standard InChI is InChI=1S/C9H9F3O3S2/c10-9(11,12)5-15-1-2-16-6-3-7(8(13)14)17-4-6/h3-4H,1-2,5H2,(H,13,14). The molecule has 1 rings (SSSR count). The van der Waals surface area contributed by atoms with E-state index in [4.69, 9.17) is 5.11 Å². The summed E-state index contributed by atoms with van der Waals surface area (Å²) in [4.78, 5) is 11.5. The summed E-state index contributed by atoms with van der Waals surface area (Å²) in [5.41, 5.74) is 0. The first-order chi connectivity index (χ1) is 7.88. The maximum absolute atomic E-state index is 11.7. The van der Waals surface area contributed by atoms with Gasteiger partial charge in [-0.2, -0.15) is 13.2 Å². The molecule has 1 aromatic rings. The second kappa shape index (κ2) is 6.27. The lowest BCUT2D eigenvalue weighted by Crippen LogP contribution is -2.17. The van der Waals surface area contributed by atoms with Crippen molar-refractivity contribution in [3.63, 3.8) is 0 Å². The minimum atomic E-state index is -4.30. The maximum atomic E-state index is 11.7. The molecule has 0 aliphatic carbocycles. The SMILES string of the molecule is O=C(O)c1cc(SCCOCC(F)(F)F)cs1. The molecule has 0 radical (unpaired) electrons. The lowest BCUT2D eigenvalue weighted by Gasteiger charge is -2.06. The number of carboxylic acids is 1. The summed E-state index contributed by atoms with van der Waals surface area (Å²) in [6.07, 6.45) is -4.30. The van der Waals surface area contributed by atoms with Gasteiger partial charge < -0.3 is 9.84 Å². The largest absolute Gasteiger partial charge is 0.477 e. The summed E-state index contributed by atoms with van der Waals surface area (Å²) in [5, 5.41) is 10.3. The molecule has 8 heteroatoms. The Morgan fingerprint density at radius 3 is 2.76 bits per heavy atom. The van der Waals surface area contributed by atoms with E-state index in [0.29, 0.717) is 5.75 Å². The third kappa shape index (κ3) is 5.94. The molecule has 0 atom stereocenters. The highest BCUT2D eigenvalue weighted by molar-refractivity contribution is 7.99. The maximum Gasteiger partial charge on any atom is 0.411 e. The Hall–Kier alpha value is -0.730. The van der Waals surface area contributed by atoms with Crippen LogP contribution in [-0.2, 0) is 4.74 Å². The minimum Gasteiger partial charge on any atom is -0.477 e. The molecule has 96 valence electrons. The highest BCUT2D eigenvalue weighted by atomic mass is 32.2. The number of thiophene rings is 1. The van der Waals surface area contributed by atoms with Crippen LogP contribution < -0.4 is 0 Å². The molecule has 3 nitrogen and oxygen atoms in total. The Balaban J connectivity index is 2.20. The van der Waals surface area contributed by atoms with Crippen LogP contribution in [0.4, 0.5) is 13.2 Å². The Labute approximate surface area is 104 Å². The van der Waals surface area contributed by atoms with Gasteiger partial charge in [0.25, 0.3) is 0 Å². The molecule has 1 heterocycles. The molecule has 0 amide bonds. The lowest BCUT2D eigenvalue weighted by molar-refractivity contribution is -0.172. The molecule has 0 saturated carbocycles. The number of thioether (sulfide) groups is 1. The van der Waals surface area contributed by atoms with Crippen molar-refractivity contribution in [2.24, 2.45) is 0 Å². The minimum absolute atomic E-state index is 0.0254. The van der Waals surface area contributed by atoms with Crippen LogP contribution in [0.3, 0.4) is 0 Å². The number of alkyl halides is 3. The Kier molecular flexibility index (Phi) is 5.29. The topological polar surface area (TPSA) is 46.5 Å². The van der Waals surface area contributed by atoms with Crippen molar-refractivity contribution in [2.45, 2.75) is 11.1 Å². The molecule has 1 aromatic heterocycles. The lowest BCUT2D eigenvalue weighted by atomic mass is 10.5. The average molecular weight is 286 g/mol. The van der Waals surface area contributed by atoms with Gasteiger partial charge in [0.1, 0.15) is 11.5 Å². The molecule has 0 unspecified atom stereocenters. The molecule has 0 aliphatic heterocycles. The highest BCUT2D eigenvalue weighted by Gasteiger charge is 2.27. The Morgan fingerprint density at radius 2 is 2.24 bits per heavy atom. The fourth-order valence-electron chi connectivity index (χ4n) is 0.913. The van der Waals surface area contributed by atoms with Gasteiger partial charge in [0.15, 0.2) is 0 Å². The van der Waals surface area contributed by atoms with Gasteiger partial charge in [-0.3, -0.25) is 0 Å². The zero-order chi connectivity index (χ0) is 12.9. The summed E-state index contributed by atoms with van der Waals surface area (Å²) in [6.45, 7) is -1.28. The molecule has 0 fully saturated rings. The van der Waals surface area contributed by atoms with E-state index < -0.39 is 18.8 Å². The van der Waals surface area contributed by atoms with Crippen LogP contribution in [0.15, 0.2) is 16.3 Å². The van der Waals surface area contributed by atoms with E-state index in [9.17, 15) is 18.0 Å². The molecule has 0 bridgehead atoms. The third-order valence-corrected chi connectivity index (χ3v) is 3.56. The van der Waals surface area contributed by atoms with Crippen LogP contribution in [0, 0.1) is 0 Å². The van der Waals surface area contributed by atoms with Crippen LogP contribution in [0.5, 0.6) is 0 Å². The zero-order valence-corrected chi connectivity index (χ0v) is 10.1. The van der Waals surface area contributed by atoms with Gasteiger partial charge in [-0.1, -0.05) is 0 Å². The first-order valence-electron chi connectivity index (χ1n) is 4.47. The van der Waals surface area contributed by atoms with Gasteiger partial charge in [0.05, 0.1) is 6.61 Å². The van der Waals surface area contributed by atoms with E-state index in [2.05, 4.69) is 4.74 Å². The summed E-state index contributed by atoms with van der Waals surface area (Å²) in [5.74, 6) is -0.651. The number of aromatic carboxylic acids is 1. The number of hydrogen-bond acceptors (Lipinski definition) is 4. The van der Waals surface area contributed by atoms with E-state index in [-0.39, 0.29) is 11.5 Å². The Bertz CT molecular complexity index is 376. The van der Waals surface area contributed by atoms with Crippen LogP contribution >= 0.6 is 23.1 Å². The summed E-state index contributed by atoms with van der Waals surface area (Å²) >= 11 is 2.35. The predicted molar refractivity (Wildman–Crippen MR) is 58.9 cm³/mol. The molecule has 0 saturated heterocycles. The van der Waals surface area contributed by atoms with E-state index in [1.165, 1.54) is 17.8 Å². The van der Waals surface area contributed by atoms with Crippen LogP contribution in [0.25, 0.3) is 0 Å². The molecule has 0 aliphatic rings. The smallest absolute Gasteiger partial charge is 0.411 e. The van der Waals surface area contributed by atoms with Crippen LogP contribution in [0.2, 0.25) is 0 Å². The molecule has 0 spiro atoms. The normalized spacial score (nSPS) is 11.7. The van der Waals surface area contributed by atoms with Crippen LogP contribution in [-0.4, -0.2) is 36.2 Å². The van der Waals surface area contributed by atoms with Crippen molar-refractivity contribution >= 4 is 29.1 Å². The number of hydrogen-bond donors (Lipinski definition) is 1. The predicted octanol–water partition coefficient (Wildman–Crippen LogP) is 3.12. The van der Waals surface area contributed by atoms with Crippen molar-refractivity contribution in [2.75, 3.05) is 19.0 Å². The van der Waals surface area contributed by atoms with Crippen molar-refractivity contribution in [3.05, 3.63) is 16.3 Å². The molecule has 17 heavy (non-hydrogen) atoms. The van der Waals surface area contributed by atoms with Crippen molar-refractivity contribution in [1.82, 2.24) is 0 Å². The fraction of sp³-hybridized carbons (Fsp3) is 0.444. The van der Waals surface area contributed by atoms with Gasteiger partial charge >= 0.3 is 12.1 Å². The number of carboxylic acid groups (broad SMARTS) is 1.